The Bertz CT molecular complexity index is 384. The van der Waals surface area contributed by atoms with Crippen molar-refractivity contribution in [1.29, 1.82) is 0 Å². The number of aromatic nitrogens is 1. The summed E-state index contributed by atoms with van der Waals surface area (Å²) < 4.78 is 6.07. The number of rotatable bonds is 5. The molecular weight excluding hydrogens is 236 g/mol. The molecule has 1 aromatic rings. The van der Waals surface area contributed by atoms with Crippen molar-refractivity contribution in [2.75, 3.05) is 11.9 Å². The van der Waals surface area contributed by atoms with Gasteiger partial charge in [0.25, 0.3) is 0 Å². The first-order chi connectivity index (χ1) is 9.17. The van der Waals surface area contributed by atoms with E-state index in [0.717, 1.165) is 49.3 Å². The fourth-order valence-corrected chi connectivity index (χ4v) is 2.97. The first kappa shape index (κ1) is 14.2. The van der Waals surface area contributed by atoms with E-state index in [1.54, 1.807) is 0 Å². The van der Waals surface area contributed by atoms with Crippen LogP contribution in [0.4, 0.5) is 5.82 Å². The first-order valence-corrected chi connectivity index (χ1v) is 7.55. The molecule has 1 fully saturated rings. The van der Waals surface area contributed by atoms with Crippen LogP contribution in [0.2, 0.25) is 0 Å². The largest absolute Gasteiger partial charge is 0.474 e. The van der Waals surface area contributed by atoms with E-state index in [0.29, 0.717) is 6.10 Å². The summed E-state index contributed by atoms with van der Waals surface area (Å²) in [4.78, 5) is 4.52. The van der Waals surface area contributed by atoms with Crippen molar-refractivity contribution < 1.29 is 4.74 Å². The second-order valence-electron chi connectivity index (χ2n) is 5.95. The third-order valence-electron chi connectivity index (χ3n) is 3.70. The Kier molecular flexibility index (Phi) is 5.06. The molecule has 0 saturated heterocycles. The highest BCUT2D eigenvalue weighted by Crippen LogP contribution is 2.31. The van der Waals surface area contributed by atoms with E-state index < -0.39 is 0 Å². The van der Waals surface area contributed by atoms with Gasteiger partial charge in [0.15, 0.2) is 0 Å². The summed E-state index contributed by atoms with van der Waals surface area (Å²) in [6.07, 6.45) is 5.06. The van der Waals surface area contributed by atoms with Crippen LogP contribution < -0.4 is 10.1 Å². The van der Waals surface area contributed by atoms with Gasteiger partial charge in [-0.1, -0.05) is 26.8 Å². The Morgan fingerprint density at radius 1 is 1.21 bits per heavy atom. The Hall–Kier alpha value is -1.25. The maximum Gasteiger partial charge on any atom is 0.215 e. The maximum absolute atomic E-state index is 6.07. The van der Waals surface area contributed by atoms with E-state index in [1.165, 1.54) is 6.42 Å². The van der Waals surface area contributed by atoms with Gasteiger partial charge in [-0.3, -0.25) is 0 Å². The van der Waals surface area contributed by atoms with Crippen LogP contribution in [0.15, 0.2) is 18.2 Å². The van der Waals surface area contributed by atoms with Crippen molar-refractivity contribution in [2.45, 2.75) is 52.6 Å². The lowest BCUT2D eigenvalue weighted by Gasteiger charge is -2.31. The molecule has 0 spiro atoms. The molecule has 0 radical (unpaired) electrons. The molecule has 1 N–H and O–H groups in total. The van der Waals surface area contributed by atoms with Gasteiger partial charge < -0.3 is 10.1 Å². The van der Waals surface area contributed by atoms with Crippen LogP contribution in [-0.2, 0) is 0 Å². The third-order valence-corrected chi connectivity index (χ3v) is 3.70. The van der Waals surface area contributed by atoms with Crippen molar-refractivity contribution in [3.05, 3.63) is 18.2 Å². The van der Waals surface area contributed by atoms with Crippen LogP contribution in [0.25, 0.3) is 0 Å². The maximum atomic E-state index is 6.07. The van der Waals surface area contributed by atoms with E-state index >= 15 is 0 Å². The van der Waals surface area contributed by atoms with Crippen LogP contribution in [0.5, 0.6) is 5.88 Å². The molecule has 106 valence electrons. The van der Waals surface area contributed by atoms with Gasteiger partial charge >= 0.3 is 0 Å². The predicted octanol–water partition coefficient (Wildman–Crippen LogP) is 4.11. The molecule has 0 aliphatic heterocycles. The van der Waals surface area contributed by atoms with E-state index in [-0.39, 0.29) is 0 Å². The summed E-state index contributed by atoms with van der Waals surface area (Å²) >= 11 is 0. The van der Waals surface area contributed by atoms with E-state index in [2.05, 4.69) is 31.1 Å². The monoisotopic (exact) mass is 262 g/mol. The molecule has 1 aromatic heterocycles. The van der Waals surface area contributed by atoms with Gasteiger partial charge in [0, 0.05) is 12.6 Å². The Morgan fingerprint density at radius 2 is 1.95 bits per heavy atom. The van der Waals surface area contributed by atoms with Gasteiger partial charge in [-0.25, -0.2) is 0 Å². The summed E-state index contributed by atoms with van der Waals surface area (Å²) in [7, 11) is 0. The molecule has 2 atom stereocenters. The molecule has 1 aliphatic carbocycles. The summed E-state index contributed by atoms with van der Waals surface area (Å²) in [6.45, 7) is 7.74. The zero-order valence-electron chi connectivity index (χ0n) is 12.4. The zero-order chi connectivity index (χ0) is 13.7. The van der Waals surface area contributed by atoms with E-state index in [1.807, 2.05) is 18.2 Å². The van der Waals surface area contributed by atoms with Gasteiger partial charge in [0.1, 0.15) is 11.9 Å². The van der Waals surface area contributed by atoms with Crippen molar-refractivity contribution in [3.63, 3.8) is 0 Å². The van der Waals surface area contributed by atoms with Crippen LogP contribution in [0.1, 0.15) is 46.5 Å². The number of ether oxygens (including phenoxy) is 1. The molecule has 0 amide bonds. The van der Waals surface area contributed by atoms with Crippen LogP contribution in [-0.4, -0.2) is 17.6 Å². The third kappa shape index (κ3) is 4.41. The fourth-order valence-electron chi connectivity index (χ4n) is 2.97. The van der Waals surface area contributed by atoms with Crippen molar-refractivity contribution >= 4 is 5.82 Å². The minimum absolute atomic E-state index is 0.327. The topological polar surface area (TPSA) is 34.1 Å². The molecular formula is C16H26N2O. The van der Waals surface area contributed by atoms with Gasteiger partial charge in [-0.15, -0.1) is 0 Å². The summed E-state index contributed by atoms with van der Waals surface area (Å²) in [6, 6.07) is 5.96. The number of hydrogen-bond donors (Lipinski definition) is 1. The number of nitrogens with one attached hydrogen (secondary N) is 1. The Balaban J connectivity index is 1.94. The zero-order valence-corrected chi connectivity index (χ0v) is 12.4. The van der Waals surface area contributed by atoms with Gasteiger partial charge in [0.05, 0.1) is 0 Å². The number of nitrogens with zero attached hydrogens (tertiary/aromatic N) is 1. The van der Waals surface area contributed by atoms with Crippen LogP contribution in [0.3, 0.4) is 0 Å². The minimum Gasteiger partial charge on any atom is -0.474 e. The predicted molar refractivity (Wildman–Crippen MR) is 79.6 cm³/mol. The minimum atomic E-state index is 0.327. The van der Waals surface area contributed by atoms with Gasteiger partial charge in [0.2, 0.25) is 5.88 Å². The van der Waals surface area contributed by atoms with Crippen LogP contribution in [0, 0.1) is 11.8 Å². The fraction of sp³-hybridized carbons (Fsp3) is 0.688. The molecule has 0 bridgehead atoms. The van der Waals surface area contributed by atoms with Crippen molar-refractivity contribution in [2.24, 2.45) is 11.8 Å². The smallest absolute Gasteiger partial charge is 0.215 e. The lowest BCUT2D eigenvalue weighted by molar-refractivity contribution is 0.0969. The first-order valence-electron chi connectivity index (χ1n) is 7.55. The highest BCUT2D eigenvalue weighted by atomic mass is 16.5. The second-order valence-corrected chi connectivity index (χ2v) is 5.95. The number of anilines is 1. The number of pyridine rings is 1. The van der Waals surface area contributed by atoms with Crippen LogP contribution >= 0.6 is 0 Å². The SMILES string of the molecule is CCCNc1cccc(OC2CC(C)CC(C)C2)n1. The summed E-state index contributed by atoms with van der Waals surface area (Å²) in [5, 5.41) is 3.30. The lowest BCUT2D eigenvalue weighted by Crippen LogP contribution is -2.28. The van der Waals surface area contributed by atoms with E-state index in [9.17, 15) is 0 Å². The summed E-state index contributed by atoms with van der Waals surface area (Å²) in [5.74, 6) is 3.19. The van der Waals surface area contributed by atoms with Gasteiger partial charge in [-0.05, 0) is 43.6 Å². The molecule has 1 saturated carbocycles. The standard InChI is InChI=1S/C16H26N2O/c1-4-8-17-15-6-5-7-16(18-15)19-14-10-12(2)9-13(3)11-14/h5-7,12-14H,4,8-11H2,1-3H3,(H,17,18). The average molecular weight is 262 g/mol. The Morgan fingerprint density at radius 3 is 2.63 bits per heavy atom. The normalized spacial score (nSPS) is 27.0. The molecule has 19 heavy (non-hydrogen) atoms. The quantitative estimate of drug-likeness (QED) is 0.867. The van der Waals surface area contributed by atoms with E-state index in [4.69, 9.17) is 4.74 Å². The molecule has 2 unspecified atom stereocenters. The van der Waals surface area contributed by atoms with Crippen molar-refractivity contribution in [3.8, 4) is 5.88 Å². The molecule has 0 aromatic carbocycles. The lowest BCUT2D eigenvalue weighted by atomic mass is 9.82. The van der Waals surface area contributed by atoms with Gasteiger partial charge in [-0.2, -0.15) is 4.98 Å². The highest BCUT2D eigenvalue weighted by molar-refractivity contribution is 5.36. The molecule has 3 nitrogen and oxygen atoms in total. The van der Waals surface area contributed by atoms with Crippen molar-refractivity contribution in [1.82, 2.24) is 4.98 Å². The molecule has 1 heterocycles. The molecule has 2 rings (SSSR count). The summed E-state index contributed by atoms with van der Waals surface area (Å²) in [5.41, 5.74) is 0. The second kappa shape index (κ2) is 6.78. The average Bonchev–Trinajstić information content (AvgIpc) is 2.35. The number of hydrogen-bond acceptors (Lipinski definition) is 3. The molecule has 1 aliphatic rings. The molecule has 3 heteroatoms. The Labute approximate surface area is 116 Å². The highest BCUT2D eigenvalue weighted by Gasteiger charge is 2.25.